The van der Waals surface area contributed by atoms with Crippen LogP contribution < -0.4 is 20.1 Å². The summed E-state index contributed by atoms with van der Waals surface area (Å²) < 4.78 is 12.3. The van der Waals surface area contributed by atoms with Crippen molar-refractivity contribution in [1.82, 2.24) is 5.32 Å². The summed E-state index contributed by atoms with van der Waals surface area (Å²) in [5.41, 5.74) is 2.85. The molecule has 0 spiro atoms. The van der Waals surface area contributed by atoms with Crippen LogP contribution in [0.1, 0.15) is 11.1 Å². The van der Waals surface area contributed by atoms with Gasteiger partial charge < -0.3 is 20.1 Å². The highest BCUT2D eigenvalue weighted by atomic mass is 79.9. The Kier molecular flexibility index (Phi) is 10.7. The molecule has 7 nitrogen and oxygen atoms in total. The first kappa shape index (κ1) is 26.7. The van der Waals surface area contributed by atoms with Crippen LogP contribution in [-0.2, 0) is 13.2 Å². The van der Waals surface area contributed by atoms with Crippen molar-refractivity contribution in [2.75, 3.05) is 25.5 Å². The Bertz CT molecular complexity index is 1070. The number of ether oxygens (including phenoxy) is 2. The van der Waals surface area contributed by atoms with Gasteiger partial charge in [-0.15, -0.1) is 12.4 Å². The van der Waals surface area contributed by atoms with Gasteiger partial charge >= 0.3 is 0 Å². The normalized spacial score (nSPS) is 10.3. The fraction of sp³-hybridized carbons (Fsp3) is 0.217. The standard InChI is InChI=1S/C23H23BrClN3O4.ClH/c1-31-22-13-16(12-20(24)23(22)32-15-17-4-2-3-5-21(17)25)14-26-10-11-27-18-6-8-19(9-7-18)28(29)30;/h2-9,12-13,26-27H,10-11,14-15H2,1H3;1H. The Morgan fingerprint density at radius 1 is 1.09 bits per heavy atom. The Morgan fingerprint density at radius 2 is 1.82 bits per heavy atom. The van der Waals surface area contributed by atoms with E-state index in [2.05, 4.69) is 26.6 Å². The van der Waals surface area contributed by atoms with Gasteiger partial charge in [0.25, 0.3) is 5.69 Å². The van der Waals surface area contributed by atoms with Crippen LogP contribution >= 0.6 is 39.9 Å². The van der Waals surface area contributed by atoms with E-state index in [1.54, 1.807) is 19.2 Å². The van der Waals surface area contributed by atoms with Crippen molar-refractivity contribution >= 4 is 51.3 Å². The molecular weight excluding hydrogens is 533 g/mol. The second kappa shape index (κ2) is 13.3. The van der Waals surface area contributed by atoms with Gasteiger partial charge in [-0.25, -0.2) is 0 Å². The first-order valence-corrected chi connectivity index (χ1v) is 11.1. The molecule has 33 heavy (non-hydrogen) atoms. The monoisotopic (exact) mass is 555 g/mol. The number of benzene rings is 3. The van der Waals surface area contributed by atoms with E-state index in [1.165, 1.54) is 12.1 Å². The predicted octanol–water partition coefficient (Wildman–Crippen LogP) is 6.22. The number of hydrogen-bond donors (Lipinski definition) is 2. The minimum Gasteiger partial charge on any atom is -0.493 e. The summed E-state index contributed by atoms with van der Waals surface area (Å²) in [5, 5.41) is 17.9. The van der Waals surface area contributed by atoms with E-state index < -0.39 is 4.92 Å². The minimum absolute atomic E-state index is 0. The highest BCUT2D eigenvalue weighted by Gasteiger charge is 2.13. The fourth-order valence-corrected chi connectivity index (χ4v) is 3.80. The lowest BCUT2D eigenvalue weighted by molar-refractivity contribution is -0.384. The van der Waals surface area contributed by atoms with Crippen LogP contribution in [0.3, 0.4) is 0 Å². The molecule has 10 heteroatoms. The lowest BCUT2D eigenvalue weighted by atomic mass is 10.2. The molecule has 0 unspecified atom stereocenters. The summed E-state index contributed by atoms with van der Waals surface area (Å²) in [4.78, 5) is 10.3. The summed E-state index contributed by atoms with van der Waals surface area (Å²) >= 11 is 9.78. The summed E-state index contributed by atoms with van der Waals surface area (Å²) in [6.07, 6.45) is 0. The number of anilines is 1. The Hall–Kier alpha value is -2.52. The molecule has 2 N–H and O–H groups in total. The molecular formula is C23H24BrCl2N3O4. The highest BCUT2D eigenvalue weighted by Crippen LogP contribution is 2.37. The molecule has 0 radical (unpaired) electrons. The third-order valence-electron chi connectivity index (χ3n) is 4.66. The van der Waals surface area contributed by atoms with Crippen molar-refractivity contribution in [3.8, 4) is 11.5 Å². The SMILES string of the molecule is COc1cc(CNCCNc2ccc([N+](=O)[O-])cc2)cc(Br)c1OCc1ccccc1Cl.Cl. The lowest BCUT2D eigenvalue weighted by Gasteiger charge is -2.15. The van der Waals surface area contributed by atoms with Crippen molar-refractivity contribution < 1.29 is 14.4 Å². The Balaban J connectivity index is 0.00000385. The number of hydrogen-bond acceptors (Lipinski definition) is 6. The largest absolute Gasteiger partial charge is 0.493 e. The van der Waals surface area contributed by atoms with Crippen LogP contribution in [0.4, 0.5) is 11.4 Å². The van der Waals surface area contributed by atoms with Crippen LogP contribution in [0.5, 0.6) is 11.5 Å². The second-order valence-corrected chi connectivity index (χ2v) is 8.16. The molecule has 0 heterocycles. The van der Waals surface area contributed by atoms with Crippen LogP contribution in [-0.4, -0.2) is 25.1 Å². The van der Waals surface area contributed by atoms with Crippen LogP contribution in [0.25, 0.3) is 0 Å². The molecule has 0 aromatic heterocycles. The van der Waals surface area contributed by atoms with Crippen molar-refractivity contribution in [1.29, 1.82) is 0 Å². The van der Waals surface area contributed by atoms with Gasteiger partial charge in [-0.05, 0) is 51.8 Å². The highest BCUT2D eigenvalue weighted by molar-refractivity contribution is 9.10. The lowest BCUT2D eigenvalue weighted by Crippen LogP contribution is -2.21. The molecule has 3 aromatic carbocycles. The number of rotatable bonds is 11. The number of non-ortho nitro benzene ring substituents is 1. The average Bonchev–Trinajstić information content (AvgIpc) is 2.79. The van der Waals surface area contributed by atoms with Crippen molar-refractivity contribution in [2.45, 2.75) is 13.2 Å². The van der Waals surface area contributed by atoms with Crippen LogP contribution in [0, 0.1) is 10.1 Å². The topological polar surface area (TPSA) is 85.7 Å². The van der Waals surface area contributed by atoms with E-state index in [0.717, 1.165) is 21.3 Å². The first-order chi connectivity index (χ1) is 15.5. The van der Waals surface area contributed by atoms with E-state index in [9.17, 15) is 10.1 Å². The number of nitrogens with one attached hydrogen (secondary N) is 2. The van der Waals surface area contributed by atoms with Gasteiger partial charge in [0.1, 0.15) is 6.61 Å². The van der Waals surface area contributed by atoms with Gasteiger partial charge in [0, 0.05) is 48.0 Å². The molecule has 3 aromatic rings. The second-order valence-electron chi connectivity index (χ2n) is 6.90. The maximum absolute atomic E-state index is 10.7. The summed E-state index contributed by atoms with van der Waals surface area (Å²) in [7, 11) is 1.61. The number of nitro benzene ring substituents is 1. The Labute approximate surface area is 212 Å². The molecule has 0 amide bonds. The van der Waals surface area contributed by atoms with E-state index in [0.29, 0.717) is 42.8 Å². The smallest absolute Gasteiger partial charge is 0.269 e. The van der Waals surface area contributed by atoms with Gasteiger partial charge in [0.15, 0.2) is 11.5 Å². The number of nitrogens with zero attached hydrogens (tertiary/aromatic N) is 1. The van der Waals surface area contributed by atoms with E-state index in [1.807, 2.05) is 36.4 Å². The van der Waals surface area contributed by atoms with Crippen molar-refractivity contribution in [3.63, 3.8) is 0 Å². The Morgan fingerprint density at radius 3 is 2.48 bits per heavy atom. The summed E-state index contributed by atoms with van der Waals surface area (Å²) in [6, 6.07) is 17.8. The molecule has 0 atom stereocenters. The van der Waals surface area contributed by atoms with Crippen molar-refractivity contribution in [3.05, 3.63) is 91.4 Å². The van der Waals surface area contributed by atoms with Crippen LogP contribution in [0.15, 0.2) is 65.1 Å². The zero-order chi connectivity index (χ0) is 22.9. The molecule has 0 fully saturated rings. The van der Waals surface area contributed by atoms with E-state index >= 15 is 0 Å². The quantitative estimate of drug-likeness (QED) is 0.166. The predicted molar refractivity (Wildman–Crippen MR) is 137 cm³/mol. The van der Waals surface area contributed by atoms with Crippen molar-refractivity contribution in [2.24, 2.45) is 0 Å². The third kappa shape index (κ3) is 7.78. The van der Waals surface area contributed by atoms with Crippen LogP contribution in [0.2, 0.25) is 5.02 Å². The minimum atomic E-state index is -0.412. The molecule has 0 aliphatic rings. The van der Waals surface area contributed by atoms with Gasteiger partial charge in [-0.2, -0.15) is 0 Å². The molecule has 0 aliphatic carbocycles. The maximum Gasteiger partial charge on any atom is 0.269 e. The number of nitro groups is 1. The summed E-state index contributed by atoms with van der Waals surface area (Å²) in [5.74, 6) is 1.25. The van der Waals surface area contributed by atoms with Gasteiger partial charge in [0.05, 0.1) is 16.5 Å². The third-order valence-corrected chi connectivity index (χ3v) is 5.61. The molecule has 0 aliphatic heterocycles. The molecule has 176 valence electrons. The first-order valence-electron chi connectivity index (χ1n) is 9.89. The zero-order valence-electron chi connectivity index (χ0n) is 17.8. The molecule has 0 saturated heterocycles. The molecule has 0 bridgehead atoms. The van der Waals surface area contributed by atoms with E-state index in [-0.39, 0.29) is 18.1 Å². The molecule has 3 rings (SSSR count). The summed E-state index contributed by atoms with van der Waals surface area (Å²) in [6.45, 7) is 2.36. The number of methoxy groups -OCH3 is 1. The van der Waals surface area contributed by atoms with E-state index in [4.69, 9.17) is 21.1 Å². The van der Waals surface area contributed by atoms with Gasteiger partial charge in [-0.1, -0.05) is 29.8 Å². The van der Waals surface area contributed by atoms with Gasteiger partial charge in [0.2, 0.25) is 0 Å². The average molecular weight is 557 g/mol. The number of halogens is 3. The zero-order valence-corrected chi connectivity index (χ0v) is 21.0. The maximum atomic E-state index is 10.7. The fourth-order valence-electron chi connectivity index (χ4n) is 3.01. The van der Waals surface area contributed by atoms with Gasteiger partial charge in [-0.3, -0.25) is 10.1 Å². The molecule has 0 saturated carbocycles.